The molecule has 0 spiro atoms. The molecule has 10 nitrogen and oxygen atoms in total. The number of rotatable bonds is 10. The molecule has 1 aliphatic heterocycles. The van der Waals surface area contributed by atoms with Crippen molar-refractivity contribution in [3.63, 3.8) is 0 Å². The highest BCUT2D eigenvalue weighted by atomic mass is 16.4. The van der Waals surface area contributed by atoms with E-state index >= 15 is 0 Å². The van der Waals surface area contributed by atoms with Gasteiger partial charge in [0.1, 0.15) is 0 Å². The van der Waals surface area contributed by atoms with Crippen LogP contribution in [0, 0.1) is 0 Å². The lowest BCUT2D eigenvalue weighted by Crippen LogP contribution is -2.48. The van der Waals surface area contributed by atoms with Crippen molar-refractivity contribution in [3.05, 3.63) is 36.0 Å². The van der Waals surface area contributed by atoms with E-state index in [1.54, 1.807) is 4.90 Å². The highest BCUT2D eigenvalue weighted by molar-refractivity contribution is 5.69. The molecular weight excluding hydrogens is 452 g/mol. The maximum Gasteiger partial charge on any atom is 0.317 e. The van der Waals surface area contributed by atoms with Crippen molar-refractivity contribution in [2.45, 2.75) is 27.7 Å². The summed E-state index contributed by atoms with van der Waals surface area (Å²) < 4.78 is 0. The summed E-state index contributed by atoms with van der Waals surface area (Å²) in [7, 11) is 0. The summed E-state index contributed by atoms with van der Waals surface area (Å²) in [5.74, 6) is -2.83. The third-order valence-corrected chi connectivity index (χ3v) is 5.47. The van der Waals surface area contributed by atoms with E-state index < -0.39 is 17.9 Å². The van der Waals surface area contributed by atoms with Crippen LogP contribution in [0.1, 0.15) is 27.7 Å². The third-order valence-electron chi connectivity index (χ3n) is 5.47. The van der Waals surface area contributed by atoms with Crippen LogP contribution in [0.3, 0.4) is 0 Å². The Bertz CT molecular complexity index is 705. The lowest BCUT2D eigenvalue weighted by atomic mass is 10.2. The molecule has 1 heterocycles. The minimum absolute atomic E-state index is 0.124. The van der Waals surface area contributed by atoms with Crippen LogP contribution in [0.4, 0.5) is 0 Å². The molecule has 1 rings (SSSR count). The zero-order valence-corrected chi connectivity index (χ0v) is 21.8. The summed E-state index contributed by atoms with van der Waals surface area (Å²) in [5, 5.41) is 27.8. The van der Waals surface area contributed by atoms with Crippen LogP contribution in [0.25, 0.3) is 0 Å². The van der Waals surface area contributed by atoms with E-state index in [2.05, 4.69) is 11.5 Å². The maximum atomic E-state index is 11.3. The van der Waals surface area contributed by atoms with Gasteiger partial charge in [-0.25, -0.2) is 0 Å². The minimum atomic E-state index is -0.970. The molecule has 1 fully saturated rings. The standard InChI is InChI=1S/C23H38N4O6.C2H6/c1-4-19(2)5-6-20(3)15-24-7-9-25(16-21(28)29)11-13-27(18-23(32)33)14-12-26(10-8-24)17-22(30)31;1-2/h4-6H,3,7-18H2,1-2H3,(H,28,29)(H,30,31)(H,32,33);1-2H3/b6-5-,19-4-;. The first-order valence-corrected chi connectivity index (χ1v) is 12.1. The number of carboxylic acids is 3. The molecule has 0 atom stereocenters. The van der Waals surface area contributed by atoms with Crippen molar-refractivity contribution in [2.24, 2.45) is 0 Å². The predicted molar refractivity (Wildman–Crippen MR) is 138 cm³/mol. The van der Waals surface area contributed by atoms with Gasteiger partial charge in [0.2, 0.25) is 0 Å². The number of allylic oxidation sites excluding steroid dienone is 3. The smallest absolute Gasteiger partial charge is 0.317 e. The molecule has 0 bridgehead atoms. The van der Waals surface area contributed by atoms with Crippen LogP contribution in [0.5, 0.6) is 0 Å². The average molecular weight is 497 g/mol. The number of carboxylic acid groups (broad SMARTS) is 3. The van der Waals surface area contributed by atoms with Crippen molar-refractivity contribution in [3.8, 4) is 0 Å². The van der Waals surface area contributed by atoms with Crippen molar-refractivity contribution in [1.82, 2.24) is 19.6 Å². The molecule has 1 aliphatic rings. The van der Waals surface area contributed by atoms with Crippen LogP contribution in [-0.4, -0.2) is 131 Å². The topological polar surface area (TPSA) is 125 Å². The summed E-state index contributed by atoms with van der Waals surface area (Å²) in [6, 6.07) is 0. The highest BCUT2D eigenvalue weighted by Gasteiger charge is 2.20. The molecule has 0 amide bonds. The lowest BCUT2D eigenvalue weighted by molar-refractivity contribution is -0.140. The van der Waals surface area contributed by atoms with E-state index in [4.69, 9.17) is 0 Å². The van der Waals surface area contributed by atoms with Gasteiger partial charge in [-0.1, -0.05) is 44.2 Å². The molecule has 0 aliphatic carbocycles. The molecule has 0 saturated carbocycles. The second-order valence-electron chi connectivity index (χ2n) is 8.31. The van der Waals surface area contributed by atoms with Crippen molar-refractivity contribution < 1.29 is 29.7 Å². The van der Waals surface area contributed by atoms with E-state index in [1.807, 2.05) is 55.7 Å². The summed E-state index contributed by atoms with van der Waals surface area (Å²) in [4.78, 5) is 41.4. The molecular formula is C25H44N4O6. The molecule has 0 aromatic carbocycles. The monoisotopic (exact) mass is 496 g/mol. The van der Waals surface area contributed by atoms with Gasteiger partial charge >= 0.3 is 17.9 Å². The Morgan fingerprint density at radius 1 is 0.657 bits per heavy atom. The SMILES string of the molecule is C=C(/C=C\C(C)=C/C)CN1CCN(CC(=O)O)CCN(CC(=O)O)CCN(CC(=O)O)CC1.CC. The lowest BCUT2D eigenvalue weighted by Gasteiger charge is -2.33. The molecule has 200 valence electrons. The maximum absolute atomic E-state index is 11.3. The third kappa shape index (κ3) is 16.7. The molecule has 3 N–H and O–H groups in total. The van der Waals surface area contributed by atoms with Crippen molar-refractivity contribution >= 4 is 17.9 Å². The zero-order valence-electron chi connectivity index (χ0n) is 21.8. The summed E-state index contributed by atoms with van der Waals surface area (Å²) in [6.45, 7) is 16.0. The molecule has 1 saturated heterocycles. The fourth-order valence-corrected chi connectivity index (χ4v) is 3.47. The van der Waals surface area contributed by atoms with Crippen molar-refractivity contribution in [2.75, 3.05) is 78.5 Å². The van der Waals surface area contributed by atoms with E-state index in [0.29, 0.717) is 58.9 Å². The Labute approximate surface area is 209 Å². The van der Waals surface area contributed by atoms with Gasteiger partial charge in [-0.15, -0.1) is 0 Å². The van der Waals surface area contributed by atoms with Gasteiger partial charge < -0.3 is 15.3 Å². The second kappa shape index (κ2) is 18.8. The Hall–Kier alpha value is -2.53. The van der Waals surface area contributed by atoms with Crippen LogP contribution in [0.2, 0.25) is 0 Å². The first-order valence-electron chi connectivity index (χ1n) is 12.1. The predicted octanol–water partition coefficient (Wildman–Crippen LogP) is 1.57. The average Bonchev–Trinajstić information content (AvgIpc) is 2.79. The van der Waals surface area contributed by atoms with Crippen LogP contribution >= 0.6 is 0 Å². The zero-order chi connectivity index (χ0) is 26.8. The van der Waals surface area contributed by atoms with Gasteiger partial charge in [0, 0.05) is 58.9 Å². The molecule has 35 heavy (non-hydrogen) atoms. The van der Waals surface area contributed by atoms with Crippen LogP contribution < -0.4 is 0 Å². The number of carbonyl (C=O) groups is 3. The number of nitrogens with zero attached hydrogens (tertiary/aromatic N) is 4. The normalized spacial score (nSPS) is 18.2. The van der Waals surface area contributed by atoms with Crippen molar-refractivity contribution in [1.29, 1.82) is 0 Å². The van der Waals surface area contributed by atoms with Gasteiger partial charge in [0.05, 0.1) is 19.6 Å². The number of aliphatic carboxylic acids is 3. The summed E-state index contributed by atoms with van der Waals surface area (Å²) in [5.41, 5.74) is 2.03. The molecule has 0 radical (unpaired) electrons. The second-order valence-corrected chi connectivity index (χ2v) is 8.31. The Morgan fingerprint density at radius 2 is 0.943 bits per heavy atom. The Morgan fingerprint density at radius 3 is 1.20 bits per heavy atom. The van der Waals surface area contributed by atoms with E-state index in [0.717, 1.165) is 11.1 Å². The van der Waals surface area contributed by atoms with E-state index in [1.165, 1.54) is 0 Å². The number of hydrogen-bond donors (Lipinski definition) is 3. The molecule has 0 aromatic rings. The van der Waals surface area contributed by atoms with Gasteiger partial charge in [-0.2, -0.15) is 0 Å². The Kier molecular flexibility index (Phi) is 17.4. The molecule has 10 heteroatoms. The summed E-state index contributed by atoms with van der Waals surface area (Å²) in [6.07, 6.45) is 5.95. The van der Waals surface area contributed by atoms with Gasteiger partial charge in [-0.05, 0) is 19.4 Å². The fraction of sp³-hybridized carbons (Fsp3) is 0.640. The van der Waals surface area contributed by atoms with Crippen LogP contribution in [0.15, 0.2) is 36.0 Å². The largest absolute Gasteiger partial charge is 0.480 e. The number of hydrogen-bond acceptors (Lipinski definition) is 7. The molecule has 0 unspecified atom stereocenters. The van der Waals surface area contributed by atoms with Gasteiger partial charge in [0.25, 0.3) is 0 Å². The van der Waals surface area contributed by atoms with Crippen LogP contribution in [-0.2, 0) is 14.4 Å². The van der Waals surface area contributed by atoms with Gasteiger partial charge in [-0.3, -0.25) is 34.0 Å². The fourth-order valence-electron chi connectivity index (χ4n) is 3.47. The first kappa shape index (κ1) is 32.5. The quantitative estimate of drug-likeness (QED) is 0.384. The van der Waals surface area contributed by atoms with Gasteiger partial charge in [0.15, 0.2) is 0 Å². The first-order chi connectivity index (χ1) is 16.6. The summed E-state index contributed by atoms with van der Waals surface area (Å²) >= 11 is 0. The van der Waals surface area contributed by atoms with E-state index in [-0.39, 0.29) is 19.6 Å². The highest BCUT2D eigenvalue weighted by Crippen LogP contribution is 2.06. The minimum Gasteiger partial charge on any atom is -0.480 e. The Balaban J connectivity index is 0.00000562. The molecule has 0 aromatic heterocycles. The van der Waals surface area contributed by atoms with E-state index in [9.17, 15) is 29.7 Å².